The molecule has 11 N–H and O–H groups in total. The van der Waals surface area contributed by atoms with Gasteiger partial charge in [-0.1, -0.05) is 35.9 Å². The van der Waals surface area contributed by atoms with Crippen LogP contribution in [-0.4, -0.2) is 102 Å². The van der Waals surface area contributed by atoms with E-state index in [4.69, 9.17) is 23.1 Å². The lowest BCUT2D eigenvalue weighted by atomic mass is 10.0. The number of rotatable bonds is 20. The summed E-state index contributed by atoms with van der Waals surface area (Å²) in [5, 5.41) is 25.7. The van der Waals surface area contributed by atoms with Gasteiger partial charge in [0.2, 0.25) is 29.4 Å². The molecule has 0 aliphatic rings. The van der Waals surface area contributed by atoms with Gasteiger partial charge in [0.15, 0.2) is 0 Å². The van der Waals surface area contributed by atoms with Gasteiger partial charge in [0, 0.05) is 23.2 Å². The molecule has 2 rings (SSSR count). The summed E-state index contributed by atoms with van der Waals surface area (Å²) in [5.41, 5.74) is 13.3. The average molecular weight is 759 g/mol. The van der Waals surface area contributed by atoms with Crippen LogP contribution in [0.3, 0.4) is 0 Å². The van der Waals surface area contributed by atoms with Gasteiger partial charge in [-0.3, -0.25) is 33.6 Å². The van der Waals surface area contributed by atoms with Gasteiger partial charge in [0.25, 0.3) is 11.8 Å². The van der Waals surface area contributed by atoms with Crippen molar-refractivity contribution in [1.82, 2.24) is 31.9 Å². The Balaban J connectivity index is 2.05. The van der Waals surface area contributed by atoms with E-state index in [-0.39, 0.29) is 24.6 Å². The van der Waals surface area contributed by atoms with E-state index in [0.717, 1.165) is 11.1 Å². The molecule has 0 saturated carbocycles. The fourth-order valence-corrected chi connectivity index (χ4v) is 5.05. The zero-order valence-corrected chi connectivity index (χ0v) is 31.3. The summed E-state index contributed by atoms with van der Waals surface area (Å²) < 4.78 is 0. The summed E-state index contributed by atoms with van der Waals surface area (Å²) in [7, 11) is 0. The van der Waals surface area contributed by atoms with E-state index in [2.05, 4.69) is 31.9 Å². The highest BCUT2D eigenvalue weighted by Gasteiger charge is 2.33. The minimum absolute atomic E-state index is 0.138. The number of carbonyl (C=O) groups is 7. The molecule has 0 bridgehead atoms. The van der Waals surface area contributed by atoms with Gasteiger partial charge in [-0.05, 0) is 95.8 Å². The maximum atomic E-state index is 13.2. The van der Waals surface area contributed by atoms with Crippen molar-refractivity contribution in [3.05, 3.63) is 59.1 Å². The first-order valence-electron chi connectivity index (χ1n) is 17.3. The van der Waals surface area contributed by atoms with Crippen LogP contribution < -0.4 is 43.4 Å². The maximum absolute atomic E-state index is 13.2. The molecule has 0 aliphatic carbocycles. The Kier molecular flexibility index (Phi) is 18.0. The highest BCUT2D eigenvalue weighted by molar-refractivity contribution is 6.38. The van der Waals surface area contributed by atoms with Crippen LogP contribution >= 0.6 is 11.6 Å². The van der Waals surface area contributed by atoms with Crippen LogP contribution in [-0.2, 0) is 28.8 Å². The minimum atomic E-state index is -1.56. The second-order valence-electron chi connectivity index (χ2n) is 12.9. The predicted molar refractivity (Wildman–Crippen MR) is 199 cm³/mol. The molecule has 0 unspecified atom stereocenters. The first-order chi connectivity index (χ1) is 25.0. The van der Waals surface area contributed by atoms with Crippen LogP contribution in [0.5, 0.6) is 0 Å². The normalized spacial score (nSPS) is 14.4. The molecule has 17 heteroatoms. The molecular formula is C36H51ClN8O8. The van der Waals surface area contributed by atoms with Crippen molar-refractivity contribution in [2.24, 2.45) is 11.5 Å². The number of amides is 6. The van der Waals surface area contributed by atoms with Crippen molar-refractivity contribution in [3.63, 3.8) is 0 Å². The summed E-state index contributed by atoms with van der Waals surface area (Å²) in [6.07, 6.45) is -0.325. The lowest BCUT2D eigenvalue weighted by Crippen LogP contribution is -2.61. The number of Topliss-reactive ketones (excluding diaryl/α,β-unsaturated/α-hetero) is 1. The predicted octanol–water partition coefficient (Wildman–Crippen LogP) is -0.353. The van der Waals surface area contributed by atoms with Gasteiger partial charge in [-0.15, -0.1) is 0 Å². The smallest absolute Gasteiger partial charge is 0.289 e. The number of nitrogens with one attached hydrogen (secondary N) is 6. The van der Waals surface area contributed by atoms with Gasteiger partial charge in [0.05, 0.1) is 12.1 Å². The van der Waals surface area contributed by atoms with Crippen molar-refractivity contribution in [3.8, 4) is 11.1 Å². The molecule has 0 aromatic heterocycles. The van der Waals surface area contributed by atoms with E-state index < -0.39 is 77.5 Å². The highest BCUT2D eigenvalue weighted by Crippen LogP contribution is 2.22. The van der Waals surface area contributed by atoms with E-state index in [1.54, 1.807) is 50.2 Å². The fourth-order valence-electron chi connectivity index (χ4n) is 4.93. The Morgan fingerprint density at radius 2 is 1.19 bits per heavy atom. The van der Waals surface area contributed by atoms with E-state index >= 15 is 0 Å². The summed E-state index contributed by atoms with van der Waals surface area (Å²) in [4.78, 5) is 90.0. The molecule has 0 aliphatic heterocycles. The molecule has 0 fully saturated rings. The van der Waals surface area contributed by atoms with Gasteiger partial charge in [0.1, 0.15) is 24.2 Å². The van der Waals surface area contributed by atoms with Crippen molar-refractivity contribution in [2.75, 3.05) is 13.1 Å². The van der Waals surface area contributed by atoms with Crippen LogP contribution in [0.1, 0.15) is 64.2 Å². The lowest BCUT2D eigenvalue weighted by Gasteiger charge is -2.26. The number of ketones is 1. The molecule has 6 amide bonds. The highest BCUT2D eigenvalue weighted by atomic mass is 35.5. The first kappa shape index (κ1) is 44.3. The average Bonchev–Trinajstić information content (AvgIpc) is 3.11. The number of unbranched alkanes of at least 4 members (excludes halogenated alkanes) is 1. The molecule has 0 spiro atoms. The molecule has 0 radical (unpaired) electrons. The third-order valence-electron chi connectivity index (χ3n) is 7.97. The van der Waals surface area contributed by atoms with Crippen LogP contribution in [0.25, 0.3) is 11.1 Å². The number of aliphatic hydroxyl groups excluding tert-OH is 1. The summed E-state index contributed by atoms with van der Waals surface area (Å²) in [6.45, 7) is 7.26. The second-order valence-corrected chi connectivity index (χ2v) is 13.3. The van der Waals surface area contributed by atoms with Crippen molar-refractivity contribution < 1.29 is 38.7 Å². The molecule has 2 aromatic rings. The number of hydrogen-bond acceptors (Lipinski definition) is 10. The largest absolute Gasteiger partial charge is 0.391 e. The van der Waals surface area contributed by atoms with E-state index in [1.165, 1.54) is 20.8 Å². The number of benzene rings is 2. The molecule has 53 heavy (non-hydrogen) atoms. The maximum Gasteiger partial charge on any atom is 0.289 e. The van der Waals surface area contributed by atoms with Crippen LogP contribution in [0.4, 0.5) is 0 Å². The number of aliphatic hydroxyl groups is 1. The zero-order valence-electron chi connectivity index (χ0n) is 30.5. The Morgan fingerprint density at radius 3 is 1.72 bits per heavy atom. The van der Waals surface area contributed by atoms with Crippen molar-refractivity contribution >= 4 is 52.8 Å². The molecule has 16 nitrogen and oxygen atoms in total. The number of nitrogens with two attached hydrogens (primary N) is 2. The van der Waals surface area contributed by atoms with Crippen LogP contribution in [0.2, 0.25) is 5.02 Å². The van der Waals surface area contributed by atoms with E-state index in [0.29, 0.717) is 24.4 Å². The minimum Gasteiger partial charge on any atom is -0.391 e. The number of carbonyl (C=O) groups excluding carboxylic acids is 7. The first-order valence-corrected chi connectivity index (χ1v) is 17.7. The van der Waals surface area contributed by atoms with E-state index in [9.17, 15) is 38.7 Å². The Bertz CT molecular complexity index is 1590. The molecule has 2 aromatic carbocycles. The van der Waals surface area contributed by atoms with Gasteiger partial charge in [-0.25, -0.2) is 0 Å². The third-order valence-corrected chi connectivity index (χ3v) is 8.22. The fraction of sp³-hybridized carbons (Fsp3) is 0.472. The van der Waals surface area contributed by atoms with Gasteiger partial charge >= 0.3 is 0 Å². The standard InChI is InChI=1S/C36H51ClN8O8/c1-19(2)40-36(53)30(47)20(3)41-33(50)27(8-6-7-17-38)43-31(48)21(4)42-35(52)29(22(5)46)45-34(51)28(18-39)44-32(49)25-11-9-23(10-12-25)24-13-15-26(37)16-14-24/h9-16,19-22,27-29,46H,6-8,17-18,38-39H2,1-5H3,(H,40,53)(H,41,50)(H,42,52)(H,43,48)(H,44,49)(H,45,51)/t20-,21-,22+,27-,28-,29-/m0/s1. The second kappa shape index (κ2) is 21.6. The quantitative estimate of drug-likeness (QED) is 0.0626. The monoisotopic (exact) mass is 758 g/mol. The molecule has 290 valence electrons. The van der Waals surface area contributed by atoms with Gasteiger partial charge in [-0.2, -0.15) is 0 Å². The molecule has 0 heterocycles. The lowest BCUT2D eigenvalue weighted by molar-refractivity contribution is -0.140. The van der Waals surface area contributed by atoms with E-state index in [1.807, 2.05) is 12.1 Å². The van der Waals surface area contributed by atoms with Crippen molar-refractivity contribution in [2.45, 2.75) is 96.2 Å². The Morgan fingerprint density at radius 1 is 0.642 bits per heavy atom. The number of hydrogen-bond donors (Lipinski definition) is 9. The third kappa shape index (κ3) is 14.2. The van der Waals surface area contributed by atoms with Crippen LogP contribution in [0.15, 0.2) is 48.5 Å². The number of halogens is 1. The topological polar surface area (TPSA) is 264 Å². The van der Waals surface area contributed by atoms with Gasteiger partial charge < -0.3 is 48.5 Å². The van der Waals surface area contributed by atoms with Crippen molar-refractivity contribution in [1.29, 1.82) is 0 Å². The SMILES string of the molecule is CC(C)NC(=O)C(=O)[C@H](C)NC(=O)[C@H](CCCCN)NC(=O)[C@H](C)NC(=O)[C@@H](NC(=O)[C@H](CN)NC(=O)c1ccc(-c2ccc(Cl)cc2)cc1)[C@@H](C)O. The Labute approximate surface area is 313 Å². The summed E-state index contributed by atoms with van der Waals surface area (Å²) >= 11 is 5.95. The Hall–Kier alpha value is -4.90. The summed E-state index contributed by atoms with van der Waals surface area (Å²) in [6, 6.07) is 7.01. The summed E-state index contributed by atoms with van der Waals surface area (Å²) in [5.74, 6) is -5.65. The zero-order chi connectivity index (χ0) is 39.8. The molecular weight excluding hydrogens is 708 g/mol. The molecule has 0 saturated heterocycles. The molecule has 6 atom stereocenters. The van der Waals surface area contributed by atoms with Crippen LogP contribution in [0, 0.1) is 0 Å².